The van der Waals surface area contributed by atoms with E-state index in [1.807, 2.05) is 0 Å². The number of carbonyl (C=O) groups is 1. The molecule has 0 radical (unpaired) electrons. The van der Waals surface area contributed by atoms with Crippen molar-refractivity contribution in [3.63, 3.8) is 0 Å². The number of rotatable bonds is 1. The van der Waals surface area contributed by atoms with Crippen molar-refractivity contribution in [3.8, 4) is 0 Å². The summed E-state index contributed by atoms with van der Waals surface area (Å²) in [5.41, 5.74) is 0. The van der Waals surface area contributed by atoms with Gasteiger partial charge in [-0.05, 0) is 0 Å². The van der Waals surface area contributed by atoms with E-state index in [9.17, 15) is 36.2 Å². The van der Waals surface area contributed by atoms with Crippen LogP contribution in [0.25, 0.3) is 0 Å². The summed E-state index contributed by atoms with van der Waals surface area (Å²) in [5, 5.41) is 10.4. The molecule has 0 bridgehead atoms. The van der Waals surface area contributed by atoms with Gasteiger partial charge in [0.25, 0.3) is 5.79 Å². The van der Waals surface area contributed by atoms with E-state index in [2.05, 4.69) is 0 Å². The third-order valence-corrected chi connectivity index (χ3v) is 2.70. The first-order chi connectivity index (χ1) is 7.42. The summed E-state index contributed by atoms with van der Waals surface area (Å²) in [6.45, 7) is 1.47. The van der Waals surface area contributed by atoms with Gasteiger partial charge in [-0.25, -0.2) is 8.78 Å². The van der Waals surface area contributed by atoms with Gasteiger partial charge in [0.15, 0.2) is 0 Å². The number of halogens is 6. The van der Waals surface area contributed by atoms with Crippen LogP contribution in [0.4, 0.5) is 31.1 Å². The van der Waals surface area contributed by atoms with Crippen molar-refractivity contribution in [2.45, 2.75) is 37.8 Å². The Balaban J connectivity index is 3.48. The Labute approximate surface area is 92.0 Å². The van der Waals surface area contributed by atoms with Crippen molar-refractivity contribution < 1.29 is 36.2 Å². The molecule has 1 aliphatic rings. The van der Waals surface area contributed by atoms with Crippen LogP contribution in [0, 0.1) is 5.92 Å². The fraction of sp³-hybridized carbons (Fsp3) is 0.875. The number of carboxylic acid groups (broad SMARTS) is 1. The highest BCUT2D eigenvalue weighted by atomic mass is 19.3. The smallest absolute Gasteiger partial charge is 0.366 e. The van der Waals surface area contributed by atoms with Crippen LogP contribution < -0.4 is 5.11 Å². The fourth-order valence-corrected chi connectivity index (χ4v) is 1.73. The second-order valence-corrected chi connectivity index (χ2v) is 4.00. The first kappa shape index (κ1) is 13.9. The summed E-state index contributed by atoms with van der Waals surface area (Å²) < 4.78 is 79.0. The predicted molar refractivity (Wildman–Crippen MR) is 40.7 cm³/mol. The Hall–Kier alpha value is -1.15. The van der Waals surface area contributed by atoms with Crippen molar-refractivity contribution in [2.24, 2.45) is 5.92 Å². The van der Waals surface area contributed by atoms with E-state index in [1.54, 1.807) is 0 Å². The molecule has 0 N–H and O–H groups in total. The number of nitrogens with zero attached hydrogens (tertiary/aromatic N) is 1. The number of carbonyl (C=O) groups excluding carboxylic acids is 1. The molecule has 0 aromatic carbocycles. The van der Waals surface area contributed by atoms with Gasteiger partial charge in [0.2, 0.25) is 6.30 Å². The van der Waals surface area contributed by atoms with E-state index in [1.165, 1.54) is 0 Å². The van der Waals surface area contributed by atoms with Gasteiger partial charge >= 0.3 is 11.8 Å². The van der Waals surface area contributed by atoms with Gasteiger partial charge in [0, 0.05) is 5.92 Å². The number of hydrogen-bond acceptors (Lipinski definition) is 2. The lowest BCUT2D eigenvalue weighted by atomic mass is 9.94. The molecule has 100 valence electrons. The molecule has 17 heavy (non-hydrogen) atoms. The van der Waals surface area contributed by atoms with E-state index in [0.717, 1.165) is 13.8 Å². The summed E-state index contributed by atoms with van der Waals surface area (Å²) in [7, 11) is 0. The zero-order valence-electron chi connectivity index (χ0n) is 8.69. The average molecular weight is 264 g/mol. The molecular weight excluding hydrogens is 256 g/mol. The highest BCUT2D eigenvalue weighted by molar-refractivity contribution is 5.65. The van der Waals surface area contributed by atoms with Crippen LogP contribution in [0.15, 0.2) is 0 Å². The molecule has 1 fully saturated rings. The lowest BCUT2D eigenvalue weighted by Crippen LogP contribution is -2.60. The van der Waals surface area contributed by atoms with Gasteiger partial charge in [-0.2, -0.15) is 17.6 Å². The number of hydrogen-bond donors (Lipinski definition) is 0. The van der Waals surface area contributed by atoms with Crippen LogP contribution in [0.5, 0.6) is 0 Å². The van der Waals surface area contributed by atoms with Crippen LogP contribution in [0.1, 0.15) is 13.8 Å². The molecule has 1 heterocycles. The third-order valence-electron chi connectivity index (χ3n) is 2.70. The standard InChI is InChI=1S/C8H9F6NO2/c1-3(2)7(12)8(13,14)6(10,11)4(9)15(7)5(16)17/h3-4H,1-2H3,(H,16,17)/p-1. The largest absolute Gasteiger partial charge is 0.530 e. The minimum Gasteiger partial charge on any atom is -0.530 e. The van der Waals surface area contributed by atoms with E-state index < -0.39 is 40.8 Å². The minimum atomic E-state index is -5.48. The molecule has 3 nitrogen and oxygen atoms in total. The molecular formula is C8H8F6NO2-. The molecule has 2 atom stereocenters. The summed E-state index contributed by atoms with van der Waals surface area (Å²) in [4.78, 5) is 9.11. The Morgan fingerprint density at radius 3 is 1.88 bits per heavy atom. The first-order valence-corrected chi connectivity index (χ1v) is 4.51. The lowest BCUT2D eigenvalue weighted by Gasteiger charge is -2.38. The van der Waals surface area contributed by atoms with Gasteiger partial charge in [-0.3, -0.25) is 4.90 Å². The van der Waals surface area contributed by atoms with E-state index in [0.29, 0.717) is 0 Å². The Morgan fingerprint density at radius 1 is 1.24 bits per heavy atom. The first-order valence-electron chi connectivity index (χ1n) is 4.51. The highest BCUT2D eigenvalue weighted by Crippen LogP contribution is 2.58. The van der Waals surface area contributed by atoms with Crippen LogP contribution in [0.2, 0.25) is 0 Å². The molecule has 1 aliphatic heterocycles. The monoisotopic (exact) mass is 264 g/mol. The molecule has 2 unspecified atom stereocenters. The number of likely N-dealkylation sites (tertiary alicyclic amines) is 1. The van der Waals surface area contributed by atoms with Crippen LogP contribution in [0.3, 0.4) is 0 Å². The highest BCUT2D eigenvalue weighted by Gasteiger charge is 2.84. The predicted octanol–water partition coefficient (Wildman–Crippen LogP) is 1.53. The maximum atomic E-state index is 13.9. The van der Waals surface area contributed by atoms with Crippen LogP contribution in [-0.2, 0) is 0 Å². The normalized spacial score (nSPS) is 35.4. The molecule has 9 heteroatoms. The van der Waals surface area contributed by atoms with Crippen molar-refractivity contribution in [2.75, 3.05) is 0 Å². The van der Waals surface area contributed by atoms with Gasteiger partial charge < -0.3 is 9.90 Å². The topological polar surface area (TPSA) is 43.4 Å². The molecule has 1 saturated heterocycles. The number of alkyl halides is 6. The van der Waals surface area contributed by atoms with Gasteiger partial charge in [-0.1, -0.05) is 13.8 Å². The maximum Gasteiger partial charge on any atom is 0.366 e. The van der Waals surface area contributed by atoms with Crippen molar-refractivity contribution in [3.05, 3.63) is 0 Å². The van der Waals surface area contributed by atoms with Gasteiger partial charge in [0.05, 0.1) is 0 Å². The fourth-order valence-electron chi connectivity index (χ4n) is 1.73. The van der Waals surface area contributed by atoms with E-state index in [4.69, 9.17) is 0 Å². The molecule has 1 amide bonds. The number of amides is 1. The van der Waals surface area contributed by atoms with E-state index >= 15 is 0 Å². The Kier molecular flexibility index (Phi) is 2.80. The molecule has 1 rings (SSSR count). The zero-order valence-corrected chi connectivity index (χ0v) is 8.69. The van der Waals surface area contributed by atoms with Crippen LogP contribution >= 0.6 is 0 Å². The maximum absolute atomic E-state index is 13.9. The second-order valence-electron chi connectivity index (χ2n) is 4.00. The van der Waals surface area contributed by atoms with Crippen molar-refractivity contribution in [1.29, 1.82) is 0 Å². The lowest BCUT2D eigenvalue weighted by molar-refractivity contribution is -0.295. The summed E-state index contributed by atoms with van der Waals surface area (Å²) in [6, 6.07) is 0. The van der Waals surface area contributed by atoms with Crippen molar-refractivity contribution in [1.82, 2.24) is 4.90 Å². The molecule has 0 saturated carbocycles. The Morgan fingerprint density at radius 2 is 1.65 bits per heavy atom. The van der Waals surface area contributed by atoms with Crippen molar-refractivity contribution >= 4 is 6.09 Å². The quantitative estimate of drug-likeness (QED) is 0.532. The third kappa shape index (κ3) is 1.34. The molecule has 0 aromatic heterocycles. The van der Waals surface area contributed by atoms with Gasteiger partial charge in [0.1, 0.15) is 6.09 Å². The SMILES string of the molecule is CC(C)C1(F)N(C(=O)[O-])C(F)C(F)(F)C1(F)F. The summed E-state index contributed by atoms with van der Waals surface area (Å²) >= 11 is 0. The molecule has 0 aromatic rings. The van der Waals surface area contributed by atoms with Crippen LogP contribution in [-0.4, -0.2) is 34.9 Å². The zero-order chi connectivity index (χ0) is 13.8. The summed E-state index contributed by atoms with van der Waals surface area (Å²) in [6.07, 6.45) is -6.75. The molecule has 0 aliphatic carbocycles. The summed E-state index contributed by atoms with van der Waals surface area (Å²) in [5.74, 6) is -17.2. The minimum absolute atomic E-state index is 0.734. The Bertz CT molecular complexity index is 347. The van der Waals surface area contributed by atoms with Gasteiger partial charge in [-0.15, -0.1) is 0 Å². The molecule has 0 spiro atoms. The average Bonchev–Trinajstić information content (AvgIpc) is 2.24. The second kappa shape index (κ2) is 3.42. The van der Waals surface area contributed by atoms with E-state index in [-0.39, 0.29) is 0 Å².